The number of nitrogens with zero attached hydrogens (tertiary/aromatic N) is 4. The summed E-state index contributed by atoms with van der Waals surface area (Å²) >= 11 is 0. The summed E-state index contributed by atoms with van der Waals surface area (Å²) in [6, 6.07) is 15.9. The lowest BCUT2D eigenvalue weighted by Gasteiger charge is -2.07. The van der Waals surface area contributed by atoms with Gasteiger partial charge in [0, 0.05) is 6.07 Å². The third-order valence-corrected chi connectivity index (χ3v) is 3.44. The number of fused-ring (bicyclic) bond motifs is 2. The van der Waals surface area contributed by atoms with Crippen molar-refractivity contribution >= 4 is 16.4 Å². The molecule has 0 aliphatic carbocycles. The predicted molar refractivity (Wildman–Crippen MR) is 79.8 cm³/mol. The van der Waals surface area contributed by atoms with Crippen LogP contribution in [-0.4, -0.2) is 19.8 Å². The number of hydrogen-bond acceptors (Lipinski definition) is 4. The van der Waals surface area contributed by atoms with E-state index < -0.39 is 12.0 Å². The Hall–Kier alpha value is -3.16. The largest absolute Gasteiger partial charge is 0.453 e. The number of halogens is 3. The molecule has 0 amide bonds. The highest BCUT2D eigenvalue weighted by atomic mass is 19.4. The number of rotatable bonds is 2. The zero-order chi connectivity index (χ0) is 16.7. The number of aromatic nitrogens is 4. The van der Waals surface area contributed by atoms with E-state index in [1.54, 1.807) is 12.1 Å². The second-order valence-corrected chi connectivity index (χ2v) is 5.07. The molecular formula is C16H9F3N4O. The fraction of sp³-hybridized carbons (Fsp3) is 0.0625. The Kier molecular flexibility index (Phi) is 3.12. The van der Waals surface area contributed by atoms with Gasteiger partial charge >= 0.3 is 6.18 Å². The Labute approximate surface area is 133 Å². The Morgan fingerprint density at radius 3 is 2.46 bits per heavy atom. The molecule has 0 unspecified atom stereocenters. The third kappa shape index (κ3) is 2.51. The van der Waals surface area contributed by atoms with Crippen LogP contribution in [0.5, 0.6) is 11.6 Å². The van der Waals surface area contributed by atoms with Crippen LogP contribution in [0, 0.1) is 0 Å². The molecule has 120 valence electrons. The van der Waals surface area contributed by atoms with Gasteiger partial charge in [-0.1, -0.05) is 30.3 Å². The quantitative estimate of drug-likeness (QED) is 0.555. The molecule has 0 spiro atoms. The molecule has 0 aliphatic heterocycles. The maximum atomic E-state index is 12.9. The topological polar surface area (TPSA) is 52.3 Å². The van der Waals surface area contributed by atoms with Crippen molar-refractivity contribution in [3.63, 3.8) is 0 Å². The van der Waals surface area contributed by atoms with Crippen molar-refractivity contribution in [1.29, 1.82) is 0 Å². The van der Waals surface area contributed by atoms with Gasteiger partial charge in [-0.2, -0.15) is 17.7 Å². The van der Waals surface area contributed by atoms with Crippen LogP contribution in [0.3, 0.4) is 0 Å². The number of hydrogen-bond donors (Lipinski definition) is 0. The van der Waals surface area contributed by atoms with E-state index in [0.29, 0.717) is 10.3 Å². The van der Waals surface area contributed by atoms with E-state index in [0.717, 1.165) is 10.8 Å². The summed E-state index contributed by atoms with van der Waals surface area (Å²) < 4.78 is 44.8. The Morgan fingerprint density at radius 1 is 0.875 bits per heavy atom. The first-order chi connectivity index (χ1) is 11.5. The third-order valence-electron chi connectivity index (χ3n) is 3.44. The van der Waals surface area contributed by atoms with Crippen LogP contribution in [0.25, 0.3) is 16.4 Å². The molecule has 2 aromatic carbocycles. The van der Waals surface area contributed by atoms with Crippen LogP contribution in [0.15, 0.2) is 54.6 Å². The highest BCUT2D eigenvalue weighted by Gasteiger charge is 2.37. The first-order valence-corrected chi connectivity index (χ1v) is 6.97. The van der Waals surface area contributed by atoms with Crippen LogP contribution in [-0.2, 0) is 6.18 Å². The van der Waals surface area contributed by atoms with Crippen LogP contribution >= 0.6 is 0 Å². The zero-order valence-corrected chi connectivity index (χ0v) is 12.0. The van der Waals surface area contributed by atoms with Gasteiger partial charge in [0.1, 0.15) is 5.75 Å². The highest BCUT2D eigenvalue weighted by molar-refractivity contribution is 5.83. The van der Waals surface area contributed by atoms with E-state index in [2.05, 4.69) is 15.3 Å². The first-order valence-electron chi connectivity index (χ1n) is 6.97. The Bertz CT molecular complexity index is 1040. The summed E-state index contributed by atoms with van der Waals surface area (Å²) in [6.45, 7) is 0. The first kappa shape index (κ1) is 14.4. The fourth-order valence-corrected chi connectivity index (χ4v) is 2.35. The Morgan fingerprint density at radius 2 is 1.67 bits per heavy atom. The summed E-state index contributed by atoms with van der Waals surface area (Å²) in [5.41, 5.74) is -0.00631. The van der Waals surface area contributed by atoms with Crippen LogP contribution in [0.1, 0.15) is 5.82 Å². The lowest BCUT2D eigenvalue weighted by Crippen LogP contribution is -2.12. The van der Waals surface area contributed by atoms with Crippen LogP contribution in [0.4, 0.5) is 13.2 Å². The maximum absolute atomic E-state index is 12.9. The van der Waals surface area contributed by atoms with Crippen LogP contribution < -0.4 is 4.74 Å². The zero-order valence-electron chi connectivity index (χ0n) is 12.0. The Balaban J connectivity index is 1.73. The van der Waals surface area contributed by atoms with Gasteiger partial charge in [-0.05, 0) is 29.0 Å². The van der Waals surface area contributed by atoms with Crippen molar-refractivity contribution in [2.24, 2.45) is 0 Å². The van der Waals surface area contributed by atoms with Gasteiger partial charge in [0.15, 0.2) is 5.65 Å². The molecule has 5 nitrogen and oxygen atoms in total. The fourth-order valence-electron chi connectivity index (χ4n) is 2.35. The van der Waals surface area contributed by atoms with Crippen molar-refractivity contribution < 1.29 is 17.9 Å². The van der Waals surface area contributed by atoms with Crippen molar-refractivity contribution in [1.82, 2.24) is 19.8 Å². The summed E-state index contributed by atoms with van der Waals surface area (Å²) in [5.74, 6) is -0.702. The minimum atomic E-state index is -4.64. The number of alkyl halides is 3. The van der Waals surface area contributed by atoms with Gasteiger partial charge in [-0.3, -0.25) is 0 Å². The minimum Gasteiger partial charge on any atom is -0.438 e. The molecule has 0 N–H and O–H groups in total. The summed E-state index contributed by atoms with van der Waals surface area (Å²) in [6.07, 6.45) is -4.64. The lowest BCUT2D eigenvalue weighted by atomic mass is 10.1. The average molecular weight is 330 g/mol. The molecule has 0 aliphatic rings. The van der Waals surface area contributed by atoms with Gasteiger partial charge in [-0.15, -0.1) is 15.3 Å². The van der Waals surface area contributed by atoms with E-state index in [1.807, 2.05) is 30.3 Å². The van der Waals surface area contributed by atoms with E-state index in [1.165, 1.54) is 12.1 Å². The summed E-state index contributed by atoms with van der Waals surface area (Å²) in [4.78, 5) is 0. The molecule has 0 atom stereocenters. The number of benzene rings is 2. The molecule has 2 heterocycles. The highest BCUT2D eigenvalue weighted by Crippen LogP contribution is 2.29. The van der Waals surface area contributed by atoms with E-state index in [4.69, 9.17) is 4.74 Å². The van der Waals surface area contributed by atoms with E-state index >= 15 is 0 Å². The SMILES string of the molecule is FC(F)(F)c1nnc2ccc(Oc3ccc4ccccc4c3)nn12. The minimum absolute atomic E-state index is 0.00631. The molecule has 0 radical (unpaired) electrons. The normalized spacial score (nSPS) is 12.0. The molecule has 0 bridgehead atoms. The second kappa shape index (κ2) is 5.19. The summed E-state index contributed by atoms with van der Waals surface area (Å²) in [5, 5.41) is 12.4. The van der Waals surface area contributed by atoms with E-state index in [-0.39, 0.29) is 11.5 Å². The van der Waals surface area contributed by atoms with Crippen molar-refractivity contribution in [3.05, 3.63) is 60.4 Å². The molecule has 4 aromatic rings. The molecule has 0 fully saturated rings. The van der Waals surface area contributed by atoms with Crippen molar-refractivity contribution in [2.45, 2.75) is 6.18 Å². The molecular weight excluding hydrogens is 321 g/mol. The monoisotopic (exact) mass is 330 g/mol. The van der Waals surface area contributed by atoms with Gasteiger partial charge in [0.2, 0.25) is 5.88 Å². The predicted octanol–water partition coefficient (Wildman–Crippen LogP) is 4.09. The molecule has 0 saturated heterocycles. The number of ether oxygens (including phenoxy) is 1. The van der Waals surface area contributed by atoms with Gasteiger partial charge < -0.3 is 4.74 Å². The average Bonchev–Trinajstić information content (AvgIpc) is 2.98. The van der Waals surface area contributed by atoms with Crippen molar-refractivity contribution in [2.75, 3.05) is 0 Å². The molecule has 8 heteroatoms. The summed E-state index contributed by atoms with van der Waals surface area (Å²) in [7, 11) is 0. The molecule has 0 saturated carbocycles. The molecule has 24 heavy (non-hydrogen) atoms. The maximum Gasteiger partial charge on any atom is 0.453 e. The van der Waals surface area contributed by atoms with E-state index in [9.17, 15) is 13.2 Å². The van der Waals surface area contributed by atoms with Crippen molar-refractivity contribution in [3.8, 4) is 11.6 Å². The lowest BCUT2D eigenvalue weighted by molar-refractivity contribution is -0.146. The smallest absolute Gasteiger partial charge is 0.438 e. The second-order valence-electron chi connectivity index (χ2n) is 5.07. The van der Waals surface area contributed by atoms with Gasteiger partial charge in [-0.25, -0.2) is 0 Å². The molecule has 2 aromatic heterocycles. The van der Waals surface area contributed by atoms with Gasteiger partial charge in [0.05, 0.1) is 0 Å². The van der Waals surface area contributed by atoms with Crippen LogP contribution in [0.2, 0.25) is 0 Å². The molecule has 4 rings (SSSR count). The standard InChI is InChI=1S/C16H9F3N4O/c17-16(18,19)15-21-20-13-7-8-14(22-23(13)15)24-12-6-5-10-3-1-2-4-11(10)9-12/h1-9H. The van der Waals surface area contributed by atoms with Gasteiger partial charge in [0.25, 0.3) is 5.82 Å².